The van der Waals surface area contributed by atoms with E-state index in [1.807, 2.05) is 32.3 Å². The third-order valence-electron chi connectivity index (χ3n) is 8.49. The Bertz CT molecular complexity index is 1680. The Labute approximate surface area is 226 Å². The molecule has 7 rings (SSSR count). The lowest BCUT2D eigenvalue weighted by Gasteiger charge is -2.34. The lowest BCUT2D eigenvalue weighted by Crippen LogP contribution is -2.45. The molecule has 4 heterocycles. The van der Waals surface area contributed by atoms with Gasteiger partial charge in [0.15, 0.2) is 5.82 Å². The first-order valence-corrected chi connectivity index (χ1v) is 13.7. The number of amides is 1. The second-order valence-corrected chi connectivity index (χ2v) is 11.0. The Morgan fingerprint density at radius 2 is 1.95 bits per heavy atom. The molecule has 0 radical (unpaired) electrons. The molecular weight excluding hydrogens is 488 g/mol. The molecule has 1 saturated heterocycles. The predicted molar refractivity (Wildman–Crippen MR) is 151 cm³/mol. The van der Waals surface area contributed by atoms with Crippen LogP contribution in [0, 0.1) is 5.41 Å². The van der Waals surface area contributed by atoms with E-state index in [2.05, 4.69) is 52.7 Å². The van der Waals surface area contributed by atoms with Gasteiger partial charge in [0.05, 0.1) is 17.5 Å². The molecule has 1 saturated carbocycles. The van der Waals surface area contributed by atoms with Crippen molar-refractivity contribution >= 4 is 28.1 Å². The van der Waals surface area contributed by atoms with Crippen molar-refractivity contribution in [2.24, 2.45) is 11.1 Å². The summed E-state index contributed by atoms with van der Waals surface area (Å²) in [6.45, 7) is 2.59. The van der Waals surface area contributed by atoms with Crippen LogP contribution in [0.1, 0.15) is 42.9 Å². The molecule has 4 N–H and O–H groups in total. The van der Waals surface area contributed by atoms with Gasteiger partial charge in [-0.3, -0.25) is 9.48 Å². The van der Waals surface area contributed by atoms with Crippen LogP contribution in [0.25, 0.3) is 27.5 Å². The van der Waals surface area contributed by atoms with Gasteiger partial charge in [-0.1, -0.05) is 42.5 Å². The number of benzene rings is 2. The summed E-state index contributed by atoms with van der Waals surface area (Å²) in [5.41, 5.74) is 18.0. The van der Waals surface area contributed by atoms with Gasteiger partial charge in [0.2, 0.25) is 5.91 Å². The third kappa shape index (κ3) is 4.13. The average molecular weight is 521 g/mol. The molecule has 9 heteroatoms. The molecule has 2 aromatic carbocycles. The molecule has 3 aromatic heterocycles. The molecule has 1 aliphatic heterocycles. The average Bonchev–Trinajstić information content (AvgIpc) is 3.51. The van der Waals surface area contributed by atoms with Crippen LogP contribution < -0.4 is 11.5 Å². The number of likely N-dealkylation sites (tertiary alicyclic amines) is 1. The van der Waals surface area contributed by atoms with Crippen molar-refractivity contribution in [3.05, 3.63) is 78.4 Å². The minimum absolute atomic E-state index is 0.153. The minimum atomic E-state index is -0.333. The number of carbonyl (C=O) groups excluding carboxylic acids is 1. The zero-order valence-corrected chi connectivity index (χ0v) is 21.8. The summed E-state index contributed by atoms with van der Waals surface area (Å²) in [5.74, 6) is 0.798. The Morgan fingerprint density at radius 3 is 2.74 bits per heavy atom. The molecule has 0 bridgehead atoms. The van der Waals surface area contributed by atoms with Crippen LogP contribution >= 0.6 is 0 Å². The Hall–Kier alpha value is -4.24. The first kappa shape index (κ1) is 23.8. The number of nitrogens with zero attached hydrogens (tertiary/aromatic N) is 6. The Kier molecular flexibility index (Phi) is 5.62. The number of piperidine rings is 1. The first-order chi connectivity index (χ1) is 19.0. The summed E-state index contributed by atoms with van der Waals surface area (Å²) in [5, 5.41) is 10.5. The number of carbonyl (C=O) groups is 1. The standard InChI is InChI=1S/C30H32N8O/c31-18-30(10-11-30)29(39)36-12-4-7-23(16-36)26-14-24(27-28(32)33-19-34-38(26)27)21-8-9-22-17-37(35-25(22)13-21)15-20-5-2-1-3-6-20/h1-3,5-6,8-9,13-14,17,19,23H,4,7,10-12,15-16,18,31H2,(H2,32,33,34). The van der Waals surface area contributed by atoms with Gasteiger partial charge >= 0.3 is 0 Å². The minimum Gasteiger partial charge on any atom is -0.382 e. The van der Waals surface area contributed by atoms with Gasteiger partial charge in [0.1, 0.15) is 11.8 Å². The molecule has 5 aromatic rings. The van der Waals surface area contributed by atoms with E-state index in [0.29, 0.717) is 25.5 Å². The lowest BCUT2D eigenvalue weighted by atomic mass is 9.92. The summed E-state index contributed by atoms with van der Waals surface area (Å²) in [7, 11) is 0. The molecular formula is C30H32N8O. The smallest absolute Gasteiger partial charge is 0.230 e. The molecule has 198 valence electrons. The summed E-state index contributed by atoms with van der Waals surface area (Å²) >= 11 is 0. The summed E-state index contributed by atoms with van der Waals surface area (Å²) in [6.07, 6.45) is 7.31. The van der Waals surface area contributed by atoms with Crippen molar-refractivity contribution in [3.8, 4) is 11.1 Å². The number of nitrogen functional groups attached to an aromatic ring is 1. The molecule has 2 aliphatic rings. The van der Waals surface area contributed by atoms with Crippen LogP contribution in [0.3, 0.4) is 0 Å². The predicted octanol–water partition coefficient (Wildman–Crippen LogP) is 3.82. The number of rotatable bonds is 6. The molecule has 39 heavy (non-hydrogen) atoms. The quantitative estimate of drug-likeness (QED) is 0.351. The number of aromatic nitrogens is 5. The number of fused-ring (bicyclic) bond motifs is 2. The van der Waals surface area contributed by atoms with E-state index >= 15 is 0 Å². The van der Waals surface area contributed by atoms with Crippen LogP contribution in [-0.4, -0.2) is 54.8 Å². The second kappa shape index (κ2) is 9.20. The molecule has 1 aliphatic carbocycles. The van der Waals surface area contributed by atoms with Crippen molar-refractivity contribution in [1.29, 1.82) is 0 Å². The van der Waals surface area contributed by atoms with Gasteiger partial charge in [-0.15, -0.1) is 0 Å². The fraction of sp³-hybridized carbons (Fsp3) is 0.333. The van der Waals surface area contributed by atoms with Crippen LogP contribution in [0.15, 0.2) is 67.1 Å². The van der Waals surface area contributed by atoms with E-state index in [0.717, 1.165) is 65.5 Å². The van der Waals surface area contributed by atoms with Gasteiger partial charge in [-0.05, 0) is 48.9 Å². The zero-order chi connectivity index (χ0) is 26.6. The number of anilines is 1. The van der Waals surface area contributed by atoms with Crippen molar-refractivity contribution in [2.45, 2.75) is 38.1 Å². The Morgan fingerprint density at radius 1 is 1.10 bits per heavy atom. The topological polar surface area (TPSA) is 120 Å². The summed E-state index contributed by atoms with van der Waals surface area (Å²) in [6, 6.07) is 18.8. The highest BCUT2D eigenvalue weighted by molar-refractivity contribution is 5.92. The van der Waals surface area contributed by atoms with Gasteiger partial charge in [-0.25, -0.2) is 9.50 Å². The first-order valence-electron chi connectivity index (χ1n) is 13.7. The highest BCUT2D eigenvalue weighted by Gasteiger charge is 2.51. The third-order valence-corrected chi connectivity index (χ3v) is 8.49. The van der Waals surface area contributed by atoms with Crippen LogP contribution in [0.4, 0.5) is 5.82 Å². The fourth-order valence-electron chi connectivity index (χ4n) is 6.08. The number of hydrogen-bond donors (Lipinski definition) is 2. The van der Waals surface area contributed by atoms with Crippen LogP contribution in [-0.2, 0) is 11.3 Å². The van der Waals surface area contributed by atoms with E-state index in [1.165, 1.54) is 11.9 Å². The largest absolute Gasteiger partial charge is 0.382 e. The monoisotopic (exact) mass is 520 g/mol. The second-order valence-electron chi connectivity index (χ2n) is 11.0. The van der Waals surface area contributed by atoms with Crippen molar-refractivity contribution in [1.82, 2.24) is 29.3 Å². The summed E-state index contributed by atoms with van der Waals surface area (Å²) in [4.78, 5) is 19.6. The highest BCUT2D eigenvalue weighted by Crippen LogP contribution is 2.47. The highest BCUT2D eigenvalue weighted by atomic mass is 16.2. The molecule has 2 fully saturated rings. The molecule has 1 amide bonds. The SMILES string of the molecule is NCC1(C(=O)N2CCCC(c3cc(-c4ccc5cn(Cc6ccccc6)nc5c4)c4c(N)ncnn34)C2)CC1. The molecule has 1 unspecified atom stereocenters. The van der Waals surface area contributed by atoms with Gasteiger partial charge < -0.3 is 16.4 Å². The van der Waals surface area contributed by atoms with Crippen molar-refractivity contribution in [3.63, 3.8) is 0 Å². The van der Waals surface area contributed by atoms with Crippen LogP contribution in [0.5, 0.6) is 0 Å². The molecule has 0 spiro atoms. The van der Waals surface area contributed by atoms with Gasteiger partial charge in [0, 0.05) is 48.4 Å². The van der Waals surface area contributed by atoms with Gasteiger partial charge in [0.25, 0.3) is 0 Å². The van der Waals surface area contributed by atoms with E-state index < -0.39 is 0 Å². The lowest BCUT2D eigenvalue weighted by molar-refractivity contribution is -0.137. The zero-order valence-electron chi connectivity index (χ0n) is 21.8. The maximum Gasteiger partial charge on any atom is 0.230 e. The number of hydrogen-bond acceptors (Lipinski definition) is 6. The molecule has 9 nitrogen and oxygen atoms in total. The van der Waals surface area contributed by atoms with E-state index in [1.54, 1.807) is 0 Å². The number of nitrogens with two attached hydrogens (primary N) is 2. The van der Waals surface area contributed by atoms with Crippen LogP contribution in [0.2, 0.25) is 0 Å². The maximum absolute atomic E-state index is 13.3. The van der Waals surface area contributed by atoms with E-state index in [-0.39, 0.29) is 17.2 Å². The fourth-order valence-corrected chi connectivity index (χ4v) is 6.08. The normalized spacial score (nSPS) is 18.6. The van der Waals surface area contributed by atoms with Crippen molar-refractivity contribution in [2.75, 3.05) is 25.4 Å². The van der Waals surface area contributed by atoms with E-state index in [9.17, 15) is 4.79 Å². The van der Waals surface area contributed by atoms with Crippen molar-refractivity contribution < 1.29 is 4.79 Å². The summed E-state index contributed by atoms with van der Waals surface area (Å²) < 4.78 is 3.90. The van der Waals surface area contributed by atoms with Gasteiger partial charge in [-0.2, -0.15) is 10.2 Å². The van der Waals surface area contributed by atoms with E-state index in [4.69, 9.17) is 16.6 Å². The molecule has 1 atom stereocenters. The maximum atomic E-state index is 13.3. The Balaban J connectivity index is 1.24.